The highest BCUT2D eigenvalue weighted by atomic mass is 16.1. The Morgan fingerprint density at radius 2 is 1.88 bits per heavy atom. The van der Waals surface area contributed by atoms with Crippen molar-refractivity contribution >= 4 is 23.7 Å². The van der Waals surface area contributed by atoms with Crippen LogP contribution in [0.1, 0.15) is 11.4 Å². The van der Waals surface area contributed by atoms with E-state index in [-0.39, 0.29) is 0 Å². The number of carbonyl (C=O) groups excluding carboxylic acids is 1. The van der Waals surface area contributed by atoms with E-state index in [0.29, 0.717) is 30.3 Å². The number of benzene rings is 1. The number of hydrogen-bond acceptors (Lipinski definition) is 6. The minimum atomic E-state index is 0.619. The number of anilines is 3. The molecule has 3 rings (SSSR count). The van der Waals surface area contributed by atoms with Crippen LogP contribution in [-0.2, 0) is 4.79 Å². The Morgan fingerprint density at radius 1 is 1.17 bits per heavy atom. The van der Waals surface area contributed by atoms with Crippen molar-refractivity contribution in [1.82, 2.24) is 14.9 Å². The van der Waals surface area contributed by atoms with Gasteiger partial charge < -0.3 is 15.1 Å². The highest BCUT2D eigenvalue weighted by molar-refractivity contribution is 5.60. The standard InChI is InChI=1S/C17H18N6O/c1-13-19-16(21-15-4-2-14(11-18)3-5-15)10-17(20-13)23-8-6-22(12-24)7-9-23/h2-5,10,12H,6-9H2,1H3,(H,19,20,21). The lowest BCUT2D eigenvalue weighted by molar-refractivity contribution is -0.118. The average molecular weight is 322 g/mol. The molecule has 24 heavy (non-hydrogen) atoms. The number of carbonyl (C=O) groups is 1. The van der Waals surface area contributed by atoms with E-state index in [1.54, 1.807) is 17.0 Å². The van der Waals surface area contributed by atoms with Crippen molar-refractivity contribution in [2.75, 3.05) is 36.4 Å². The zero-order valence-corrected chi connectivity index (χ0v) is 13.4. The summed E-state index contributed by atoms with van der Waals surface area (Å²) in [6.45, 7) is 4.77. The van der Waals surface area contributed by atoms with Gasteiger partial charge in [0.25, 0.3) is 0 Å². The molecular weight excluding hydrogens is 304 g/mol. The first-order valence-corrected chi connectivity index (χ1v) is 7.75. The van der Waals surface area contributed by atoms with Gasteiger partial charge in [-0.1, -0.05) is 0 Å². The van der Waals surface area contributed by atoms with Crippen molar-refractivity contribution in [3.8, 4) is 6.07 Å². The first-order valence-electron chi connectivity index (χ1n) is 7.75. The maximum atomic E-state index is 10.8. The molecule has 0 unspecified atom stereocenters. The van der Waals surface area contributed by atoms with Crippen molar-refractivity contribution in [2.24, 2.45) is 0 Å². The Bertz CT molecular complexity index is 760. The predicted octanol–water partition coefficient (Wildman–Crippen LogP) is 1.68. The minimum Gasteiger partial charge on any atom is -0.353 e. The lowest BCUT2D eigenvalue weighted by atomic mass is 10.2. The Morgan fingerprint density at radius 3 is 2.50 bits per heavy atom. The smallest absolute Gasteiger partial charge is 0.209 e. The molecule has 1 aliphatic heterocycles. The molecule has 1 aromatic carbocycles. The predicted molar refractivity (Wildman–Crippen MR) is 91.1 cm³/mol. The molecule has 1 amide bonds. The van der Waals surface area contributed by atoms with E-state index in [2.05, 4.69) is 26.3 Å². The molecule has 7 heteroatoms. The van der Waals surface area contributed by atoms with Crippen LogP contribution in [0.4, 0.5) is 17.3 Å². The van der Waals surface area contributed by atoms with E-state index < -0.39 is 0 Å². The molecule has 1 aliphatic rings. The number of piperazine rings is 1. The fourth-order valence-corrected chi connectivity index (χ4v) is 2.61. The maximum Gasteiger partial charge on any atom is 0.209 e. The number of aryl methyl sites for hydroxylation is 1. The van der Waals surface area contributed by atoms with Crippen LogP contribution in [0.15, 0.2) is 30.3 Å². The molecule has 0 bridgehead atoms. The molecule has 2 aromatic rings. The summed E-state index contributed by atoms with van der Waals surface area (Å²) in [7, 11) is 0. The minimum absolute atomic E-state index is 0.619. The second kappa shape index (κ2) is 6.96. The molecule has 0 radical (unpaired) electrons. The topological polar surface area (TPSA) is 85.2 Å². The van der Waals surface area contributed by atoms with E-state index in [9.17, 15) is 4.79 Å². The highest BCUT2D eigenvalue weighted by Crippen LogP contribution is 2.21. The third-order valence-electron chi connectivity index (χ3n) is 3.90. The van der Waals surface area contributed by atoms with Crippen molar-refractivity contribution in [1.29, 1.82) is 5.26 Å². The number of nitrogens with one attached hydrogen (secondary N) is 1. The fraction of sp³-hybridized carbons (Fsp3) is 0.294. The Balaban J connectivity index is 1.76. The van der Waals surface area contributed by atoms with Gasteiger partial charge in [-0.3, -0.25) is 4.79 Å². The zero-order valence-electron chi connectivity index (χ0n) is 13.4. The quantitative estimate of drug-likeness (QED) is 0.862. The fourth-order valence-electron chi connectivity index (χ4n) is 2.61. The summed E-state index contributed by atoms with van der Waals surface area (Å²) in [6.07, 6.45) is 0.889. The van der Waals surface area contributed by atoms with Crippen LogP contribution < -0.4 is 10.2 Å². The van der Waals surface area contributed by atoms with Gasteiger partial charge in [0.05, 0.1) is 11.6 Å². The summed E-state index contributed by atoms with van der Waals surface area (Å²) in [5.74, 6) is 2.24. The van der Waals surface area contributed by atoms with Crippen molar-refractivity contribution in [3.05, 3.63) is 41.7 Å². The van der Waals surface area contributed by atoms with Gasteiger partial charge in [0, 0.05) is 37.9 Å². The SMILES string of the molecule is Cc1nc(Nc2ccc(C#N)cc2)cc(N2CCN(C=O)CC2)n1. The van der Waals surface area contributed by atoms with E-state index in [0.717, 1.165) is 31.0 Å². The molecule has 0 aliphatic carbocycles. The molecule has 1 aromatic heterocycles. The Kier molecular flexibility index (Phi) is 4.57. The number of rotatable bonds is 4. The first-order chi connectivity index (χ1) is 11.7. The molecule has 122 valence electrons. The molecule has 2 heterocycles. The summed E-state index contributed by atoms with van der Waals surface area (Å²) in [4.78, 5) is 23.6. The molecule has 1 saturated heterocycles. The largest absolute Gasteiger partial charge is 0.353 e. The van der Waals surface area contributed by atoms with E-state index in [1.165, 1.54) is 0 Å². The second-order valence-electron chi connectivity index (χ2n) is 5.60. The summed E-state index contributed by atoms with van der Waals surface area (Å²) in [5, 5.41) is 12.1. The molecule has 0 atom stereocenters. The molecule has 0 saturated carbocycles. The normalized spacial score (nSPS) is 14.2. The van der Waals surface area contributed by atoms with Gasteiger partial charge >= 0.3 is 0 Å². The number of nitrogens with zero attached hydrogens (tertiary/aromatic N) is 5. The molecule has 7 nitrogen and oxygen atoms in total. The van der Waals surface area contributed by atoms with Gasteiger partial charge in [0.2, 0.25) is 6.41 Å². The van der Waals surface area contributed by atoms with E-state index in [1.807, 2.05) is 25.1 Å². The second-order valence-corrected chi connectivity index (χ2v) is 5.60. The van der Waals surface area contributed by atoms with Gasteiger partial charge in [-0.25, -0.2) is 9.97 Å². The number of nitriles is 1. The van der Waals surface area contributed by atoms with Crippen molar-refractivity contribution in [2.45, 2.75) is 6.92 Å². The van der Waals surface area contributed by atoms with E-state index >= 15 is 0 Å². The molecule has 0 spiro atoms. The van der Waals surface area contributed by atoms with Gasteiger partial charge in [-0.2, -0.15) is 5.26 Å². The van der Waals surface area contributed by atoms with Crippen molar-refractivity contribution < 1.29 is 4.79 Å². The zero-order chi connectivity index (χ0) is 16.9. The summed E-state index contributed by atoms with van der Waals surface area (Å²) in [5.41, 5.74) is 1.48. The average Bonchev–Trinajstić information content (AvgIpc) is 2.62. The number of aromatic nitrogens is 2. The van der Waals surface area contributed by atoms with Gasteiger partial charge in [-0.05, 0) is 31.2 Å². The lowest BCUT2D eigenvalue weighted by Gasteiger charge is -2.33. The Hall–Kier alpha value is -3.14. The number of amides is 1. The van der Waals surface area contributed by atoms with Crippen LogP contribution in [0, 0.1) is 18.3 Å². The Labute approximate surface area is 140 Å². The first kappa shape index (κ1) is 15.7. The monoisotopic (exact) mass is 322 g/mol. The third kappa shape index (κ3) is 3.60. The molecule has 1 N–H and O–H groups in total. The number of hydrogen-bond donors (Lipinski definition) is 1. The van der Waals surface area contributed by atoms with Crippen LogP contribution in [0.2, 0.25) is 0 Å². The summed E-state index contributed by atoms with van der Waals surface area (Å²) < 4.78 is 0. The van der Waals surface area contributed by atoms with Crippen LogP contribution in [-0.4, -0.2) is 47.5 Å². The lowest BCUT2D eigenvalue weighted by Crippen LogP contribution is -2.46. The summed E-state index contributed by atoms with van der Waals surface area (Å²) in [6, 6.07) is 11.2. The van der Waals surface area contributed by atoms with Gasteiger partial charge in [0.15, 0.2) is 0 Å². The third-order valence-corrected chi connectivity index (χ3v) is 3.90. The van der Waals surface area contributed by atoms with Gasteiger partial charge in [-0.15, -0.1) is 0 Å². The van der Waals surface area contributed by atoms with Crippen LogP contribution in [0.25, 0.3) is 0 Å². The summed E-state index contributed by atoms with van der Waals surface area (Å²) >= 11 is 0. The van der Waals surface area contributed by atoms with Crippen molar-refractivity contribution in [3.63, 3.8) is 0 Å². The van der Waals surface area contributed by atoms with Crippen LogP contribution in [0.3, 0.4) is 0 Å². The highest BCUT2D eigenvalue weighted by Gasteiger charge is 2.17. The van der Waals surface area contributed by atoms with Crippen LogP contribution in [0.5, 0.6) is 0 Å². The maximum absolute atomic E-state index is 10.8. The van der Waals surface area contributed by atoms with Gasteiger partial charge in [0.1, 0.15) is 17.5 Å². The molecule has 1 fully saturated rings. The van der Waals surface area contributed by atoms with E-state index in [4.69, 9.17) is 5.26 Å². The molecular formula is C17H18N6O. The van der Waals surface area contributed by atoms with Crippen LogP contribution >= 0.6 is 0 Å².